The molecular formula is C98H100Cl6F10N16O16S4. The Morgan fingerprint density at radius 2 is 0.600 bits per heavy atom. The van der Waals surface area contributed by atoms with Crippen molar-refractivity contribution in [2.45, 2.75) is 165 Å². The quantitative estimate of drug-likeness (QED) is 0.0105. The van der Waals surface area contributed by atoms with Crippen molar-refractivity contribution in [1.29, 1.82) is 0 Å². The first-order chi connectivity index (χ1) is 70.9. The topological polar surface area (TPSA) is 416 Å². The molecule has 150 heavy (non-hydrogen) atoms. The number of aliphatic carboxylic acids is 4. The van der Waals surface area contributed by atoms with Gasteiger partial charge in [-0.3, -0.25) is 58.7 Å². The predicted molar refractivity (Wildman–Crippen MR) is 545 cm³/mol. The van der Waals surface area contributed by atoms with Crippen molar-refractivity contribution < 1.29 is 122 Å². The Balaban J connectivity index is 0.000000167. The van der Waals surface area contributed by atoms with Crippen molar-refractivity contribution in [2.75, 3.05) is 79.8 Å². The lowest BCUT2D eigenvalue weighted by molar-refractivity contribution is -0.140. The third-order valence-electron chi connectivity index (χ3n) is 25.6. The normalized spacial score (nSPS) is 22.2. The molecule has 4 aromatic heterocycles. The number of hydrogen-bond acceptors (Lipinski definition) is 32. The molecule has 804 valence electrons. The Hall–Kier alpha value is -11.1. The fourth-order valence-corrected chi connectivity index (χ4v) is 23.0. The number of hydrogen-bond donors (Lipinski definition) is 8. The minimum Gasteiger partial charge on any atom is -0.481 e. The number of carbonyl (C=O) groups is 8. The minimum atomic E-state index is -3.04. The van der Waals surface area contributed by atoms with Crippen LogP contribution in [0, 0.1) is 35.3 Å². The van der Waals surface area contributed by atoms with E-state index < -0.39 is 207 Å². The van der Waals surface area contributed by atoms with E-state index in [1.54, 1.807) is 112 Å². The highest BCUT2D eigenvalue weighted by atomic mass is 35.5. The zero-order chi connectivity index (χ0) is 109. The van der Waals surface area contributed by atoms with Crippen LogP contribution in [0.2, 0.25) is 30.1 Å². The number of aromatic nitrogens is 4. The summed E-state index contributed by atoms with van der Waals surface area (Å²) in [4.78, 5) is 140. The standard InChI is InChI=1S/C25H26Cl2F2N4O4S.C25H26ClF3N4O4S.C24H24Cl2F2N4O4S.C24H24ClF3N4O4S/c1-3-37-24(36)20-17(11-33-12-25(28,29)10-18(33)13(2)8-19(34)35)31-22(23-30-6-7-38-23)32-21(20)15-5-4-14(26)9-16(15)27;1-3-37-24(36)20-17(11-33-12-25(28,29)10-18(33)13(2)8-19(34)35)31-22(23-30-6-7-38-23)32-21(20)15-5-4-14(27)9-16(15)26;1-12(7-18(33)34)17-9-24(27,28)11-32(17)10-16-19(23(35)36-2)20(14-4-3-13(25)8-15(14)26)31-21(30-16)22-29-5-6-37-22;1-12(7-18(33)34)17-9-24(27,28)11-32(17)10-16-19(23(35)36-2)20(14-4-3-13(26)8-15(14)25)31-21(30-16)22-29-5-6-37-22/h2*4-7,9,13,18,21H,3,8,10-12H2,1-2H3,(H,31,32)(H,34,35);2*3-6,8,12,17,20H,7,9-11H2,1-2H3,(H,30,31)(H,33,34)/t2*13?,18-,21-;2*12?,17-,20-/m0000/s1. The van der Waals surface area contributed by atoms with Gasteiger partial charge >= 0.3 is 47.8 Å². The van der Waals surface area contributed by atoms with E-state index in [1.807, 2.05) is 0 Å². The number of amidine groups is 4. The van der Waals surface area contributed by atoms with Crippen molar-refractivity contribution in [3.63, 3.8) is 0 Å². The Morgan fingerprint density at radius 1 is 0.373 bits per heavy atom. The average Bonchev–Trinajstić information content (AvgIpc) is 1.35. The van der Waals surface area contributed by atoms with Crippen LogP contribution in [0.25, 0.3) is 0 Å². The number of methoxy groups -OCH3 is 2. The van der Waals surface area contributed by atoms with Crippen LogP contribution in [0.1, 0.15) is 159 Å². The van der Waals surface area contributed by atoms with Crippen LogP contribution in [0.5, 0.6) is 0 Å². The van der Waals surface area contributed by atoms with E-state index in [-0.39, 0.29) is 131 Å². The number of esters is 4. The molecule has 32 nitrogen and oxygen atoms in total. The van der Waals surface area contributed by atoms with E-state index in [0.717, 1.165) is 12.1 Å². The number of benzene rings is 4. The molecule has 0 aliphatic carbocycles. The van der Waals surface area contributed by atoms with Crippen LogP contribution in [-0.2, 0) is 57.3 Å². The molecule has 52 heteroatoms. The van der Waals surface area contributed by atoms with Crippen molar-refractivity contribution >= 4 is 186 Å². The largest absolute Gasteiger partial charge is 0.481 e. The second kappa shape index (κ2) is 50.2. The summed E-state index contributed by atoms with van der Waals surface area (Å²) in [5.74, 6) is -21.4. The van der Waals surface area contributed by atoms with Crippen molar-refractivity contribution in [3.05, 3.63) is 248 Å². The molecule has 8 aromatic rings. The molecule has 16 rings (SSSR count). The molecule has 0 amide bonds. The van der Waals surface area contributed by atoms with E-state index in [2.05, 4.69) is 51.2 Å². The Kier molecular flexibility index (Phi) is 38.8. The molecule has 12 atom stereocenters. The number of carbonyl (C=O) groups excluding carboxylic acids is 4. The van der Waals surface area contributed by atoms with Gasteiger partial charge in [-0.2, -0.15) is 0 Å². The van der Waals surface area contributed by atoms with Crippen molar-refractivity contribution in [2.24, 2.45) is 43.6 Å². The number of aliphatic imine (C=N–C) groups is 4. The maximum Gasteiger partial charge on any atom is 0.338 e. The van der Waals surface area contributed by atoms with Gasteiger partial charge in [0.1, 0.15) is 35.8 Å². The molecule has 4 fully saturated rings. The first-order valence-corrected chi connectivity index (χ1v) is 52.3. The summed E-state index contributed by atoms with van der Waals surface area (Å²) in [6.45, 7) is 7.04. The molecule has 4 saturated heterocycles. The summed E-state index contributed by atoms with van der Waals surface area (Å²) < 4.78 is 165. The number of carboxylic acids is 4. The monoisotopic (exact) mass is 2280 g/mol. The third-order valence-corrected chi connectivity index (χ3v) is 30.5. The van der Waals surface area contributed by atoms with Gasteiger partial charge in [-0.05, 0) is 86.1 Å². The first kappa shape index (κ1) is 116. The van der Waals surface area contributed by atoms with E-state index in [1.165, 1.54) is 116 Å². The Labute approximate surface area is 898 Å². The van der Waals surface area contributed by atoms with Crippen LogP contribution < -0.4 is 21.3 Å². The summed E-state index contributed by atoms with van der Waals surface area (Å²) in [5, 5.41) is 59.8. The van der Waals surface area contributed by atoms with Gasteiger partial charge in [-0.25, -0.2) is 83.0 Å². The second-order valence-corrected chi connectivity index (χ2v) is 42.5. The number of thiazole rings is 4. The first-order valence-electron chi connectivity index (χ1n) is 46.5. The predicted octanol–water partition coefficient (Wildman–Crippen LogP) is 18.9. The van der Waals surface area contributed by atoms with E-state index in [4.69, 9.17) is 98.5 Å². The number of rotatable bonds is 34. The molecule has 8 N–H and O–H groups in total. The number of likely N-dealkylation sites (tertiary alicyclic amines) is 4. The summed E-state index contributed by atoms with van der Waals surface area (Å²) in [5.41, 5.74) is 2.99. The molecule has 8 aliphatic rings. The van der Waals surface area contributed by atoms with Gasteiger partial charge in [0.05, 0.1) is 75.9 Å². The van der Waals surface area contributed by atoms with Crippen LogP contribution in [0.4, 0.5) is 43.9 Å². The number of carboxylic acid groups (broad SMARTS) is 4. The average molecular weight is 2290 g/mol. The molecule has 12 heterocycles. The second-order valence-electron chi connectivity index (χ2n) is 36.5. The molecule has 0 spiro atoms. The molecule has 4 aromatic carbocycles. The van der Waals surface area contributed by atoms with E-state index >= 15 is 0 Å². The molecular weight excluding hydrogens is 2190 g/mol. The maximum absolute atomic E-state index is 14.6. The summed E-state index contributed by atoms with van der Waals surface area (Å²) in [7, 11) is 2.40. The fraction of sp³-hybridized carbons (Fsp3) is 0.429. The third kappa shape index (κ3) is 29.1. The number of halogens is 16. The van der Waals surface area contributed by atoms with Gasteiger partial charge < -0.3 is 60.6 Å². The van der Waals surface area contributed by atoms with Crippen LogP contribution in [0.3, 0.4) is 0 Å². The van der Waals surface area contributed by atoms with Crippen LogP contribution in [0.15, 0.2) is 184 Å². The molecule has 0 bridgehead atoms. The maximum atomic E-state index is 14.6. The van der Waals surface area contributed by atoms with Crippen LogP contribution >= 0.6 is 115 Å². The summed E-state index contributed by atoms with van der Waals surface area (Å²) >= 11 is 43.1. The highest BCUT2D eigenvalue weighted by molar-refractivity contribution is 7.12. The number of nitrogens with zero attached hydrogens (tertiary/aromatic N) is 12. The van der Waals surface area contributed by atoms with Gasteiger partial charge in [0.15, 0.2) is 43.4 Å². The van der Waals surface area contributed by atoms with Gasteiger partial charge in [-0.1, -0.05) is 122 Å². The summed E-state index contributed by atoms with van der Waals surface area (Å²) in [6, 6.07) is 10.1. The lowest BCUT2D eigenvalue weighted by Gasteiger charge is -2.33. The van der Waals surface area contributed by atoms with Crippen molar-refractivity contribution in [1.82, 2.24) is 60.8 Å². The fourth-order valence-electron chi connectivity index (χ4n) is 19.1. The zero-order valence-corrected chi connectivity index (χ0v) is 88.7. The van der Waals surface area contributed by atoms with Crippen LogP contribution in [-0.4, -0.2) is 259 Å². The number of alkyl halides is 8. The highest BCUT2D eigenvalue weighted by Crippen LogP contribution is 2.48. The zero-order valence-electron chi connectivity index (χ0n) is 80.9. The molecule has 0 radical (unpaired) electrons. The Morgan fingerprint density at radius 3 is 0.800 bits per heavy atom. The Bertz CT molecular complexity index is 6210. The molecule has 0 saturated carbocycles. The lowest BCUT2D eigenvalue weighted by Crippen LogP contribution is -2.43. The van der Waals surface area contributed by atoms with E-state index in [0.29, 0.717) is 75.4 Å². The number of nitrogens with one attached hydrogen (secondary N) is 4. The van der Waals surface area contributed by atoms with Gasteiger partial charge in [0, 0.05) is 223 Å². The van der Waals surface area contributed by atoms with Gasteiger partial charge in [0.2, 0.25) is 0 Å². The SMILES string of the molecule is CCOC(=O)C1=C(CN2CC(F)(F)C[C@H]2C(C)CC(=O)O)NC(c2nccs2)=N[C@H]1c1ccc(Cl)cc1Cl.CCOC(=O)C1=C(CN2CC(F)(F)C[C@H]2C(C)CC(=O)O)NC(c2nccs2)=N[C@H]1c1ccc(F)cc1Cl.COC(=O)C1=C(CN2CC(F)(F)C[C@H]2C(C)CC(=O)O)NC(c2nccs2)=N[C@H]1c1ccc(Cl)cc1Cl.COC(=O)C1=C(CN2CC(F)(F)C[C@H]2C(C)CC(=O)O)NC(c2nccs2)=N[C@H]1c1ccc(F)cc1Cl. The summed E-state index contributed by atoms with van der Waals surface area (Å²) in [6.07, 6.45) is 3.25. The van der Waals surface area contributed by atoms with Crippen molar-refractivity contribution in [3.8, 4) is 0 Å². The smallest absolute Gasteiger partial charge is 0.338 e. The van der Waals surface area contributed by atoms with E-state index in [9.17, 15) is 103 Å². The lowest BCUT2D eigenvalue weighted by atomic mass is 9.93. The van der Waals surface area contributed by atoms with Gasteiger partial charge in [-0.15, -0.1) is 45.3 Å². The highest BCUT2D eigenvalue weighted by Gasteiger charge is 2.54. The molecule has 4 unspecified atom stereocenters. The van der Waals surface area contributed by atoms with Gasteiger partial charge in [0.25, 0.3) is 23.7 Å². The number of ether oxygens (including phenoxy) is 4. The minimum absolute atomic E-state index is 0.0237. The molecule has 8 aliphatic heterocycles.